The summed E-state index contributed by atoms with van der Waals surface area (Å²) in [5, 5.41) is 1.23. The van der Waals surface area contributed by atoms with Gasteiger partial charge in [0.15, 0.2) is 9.84 Å². The van der Waals surface area contributed by atoms with Gasteiger partial charge < -0.3 is 4.90 Å². The summed E-state index contributed by atoms with van der Waals surface area (Å²) >= 11 is 0. The number of piperazine rings is 1. The summed E-state index contributed by atoms with van der Waals surface area (Å²) in [4.78, 5) is 20.9. The smallest absolute Gasteiger partial charge is 0.223 e. The molecule has 24 heavy (non-hydrogen) atoms. The van der Waals surface area contributed by atoms with Crippen LogP contribution in [0.25, 0.3) is 0 Å². The minimum atomic E-state index is -3.09. The fourth-order valence-corrected chi connectivity index (χ4v) is 4.57. The summed E-state index contributed by atoms with van der Waals surface area (Å²) in [5.41, 5.74) is 2.27. The maximum absolute atomic E-state index is 12.4. The highest BCUT2D eigenvalue weighted by Crippen LogP contribution is 2.20. The van der Waals surface area contributed by atoms with E-state index in [9.17, 15) is 13.2 Å². The number of amides is 1. The molecule has 0 bridgehead atoms. The molecule has 0 N–H and O–H groups in total. The molecule has 6 nitrogen and oxygen atoms in total. The number of aryl methyl sites for hydroxylation is 1. The second-order valence-electron chi connectivity index (χ2n) is 6.55. The van der Waals surface area contributed by atoms with Crippen molar-refractivity contribution in [1.82, 2.24) is 14.8 Å². The van der Waals surface area contributed by atoms with Crippen LogP contribution < -0.4 is 0 Å². The highest BCUT2D eigenvalue weighted by Gasteiger charge is 2.27. The lowest BCUT2D eigenvalue weighted by Crippen LogP contribution is -2.48. The van der Waals surface area contributed by atoms with E-state index in [1.807, 2.05) is 17.2 Å². The lowest BCUT2D eigenvalue weighted by atomic mass is 10.1. The molecule has 1 aromatic rings. The Bertz CT molecular complexity index is 737. The first-order chi connectivity index (χ1) is 11.4. The quantitative estimate of drug-likeness (QED) is 0.810. The fourth-order valence-electron chi connectivity index (χ4n) is 3.17. The molecule has 3 rings (SSSR count). The van der Waals surface area contributed by atoms with E-state index < -0.39 is 9.84 Å². The van der Waals surface area contributed by atoms with Crippen LogP contribution in [-0.4, -0.2) is 61.0 Å². The van der Waals surface area contributed by atoms with Crippen molar-refractivity contribution in [3.63, 3.8) is 0 Å². The van der Waals surface area contributed by atoms with Crippen molar-refractivity contribution in [2.75, 3.05) is 31.9 Å². The van der Waals surface area contributed by atoms with Crippen molar-refractivity contribution in [2.24, 2.45) is 5.92 Å². The van der Waals surface area contributed by atoms with E-state index in [0.29, 0.717) is 13.1 Å². The number of rotatable bonds is 4. The van der Waals surface area contributed by atoms with Crippen molar-refractivity contribution >= 4 is 15.7 Å². The van der Waals surface area contributed by atoms with E-state index in [-0.39, 0.29) is 24.0 Å². The molecule has 1 saturated heterocycles. The van der Waals surface area contributed by atoms with E-state index >= 15 is 0 Å². The summed E-state index contributed by atoms with van der Waals surface area (Å²) in [7, 11) is -3.09. The molecule has 2 aliphatic heterocycles. The first kappa shape index (κ1) is 17.1. The number of pyridine rings is 1. The Hall–Kier alpha value is -1.73. The molecule has 0 saturated carbocycles. The van der Waals surface area contributed by atoms with Crippen LogP contribution in [0, 0.1) is 12.8 Å². The lowest BCUT2D eigenvalue weighted by Gasteiger charge is -2.35. The molecular weight excluding hydrogens is 326 g/mol. The molecule has 1 fully saturated rings. The van der Waals surface area contributed by atoms with Gasteiger partial charge in [-0.3, -0.25) is 14.7 Å². The van der Waals surface area contributed by atoms with E-state index in [4.69, 9.17) is 0 Å². The Morgan fingerprint density at radius 2 is 2.04 bits per heavy atom. The van der Waals surface area contributed by atoms with Crippen LogP contribution in [-0.2, 0) is 21.2 Å². The van der Waals surface area contributed by atoms with Gasteiger partial charge in [-0.1, -0.05) is 12.1 Å². The Morgan fingerprint density at radius 3 is 2.67 bits per heavy atom. The molecule has 2 aliphatic rings. The topological polar surface area (TPSA) is 70.6 Å². The maximum atomic E-state index is 12.4. The third-order valence-corrected chi connectivity index (χ3v) is 6.12. The number of aromatic nitrogens is 1. The molecule has 1 aromatic heterocycles. The SMILES string of the molecule is Cc1cccnc1CN1CCN(C(=O)C[C@@H]2C=CS(=O)(=O)C2)CC1. The minimum absolute atomic E-state index is 0.0513. The van der Waals surface area contributed by atoms with Crippen LogP contribution >= 0.6 is 0 Å². The number of carbonyl (C=O) groups excluding carboxylic acids is 1. The standard InChI is InChI=1S/C17H23N3O3S/c1-14-3-2-5-18-16(14)12-19-6-8-20(9-7-19)17(21)11-15-4-10-24(22,23)13-15/h2-5,10,15H,6-9,11-13H2,1H3/t15-/m0/s1. The van der Waals surface area contributed by atoms with Crippen LogP contribution in [0.15, 0.2) is 29.8 Å². The molecule has 0 spiro atoms. The number of sulfone groups is 1. The van der Waals surface area contributed by atoms with Gasteiger partial charge >= 0.3 is 0 Å². The van der Waals surface area contributed by atoms with Gasteiger partial charge in [0, 0.05) is 56.7 Å². The lowest BCUT2D eigenvalue weighted by molar-refractivity contribution is -0.133. The molecule has 7 heteroatoms. The largest absolute Gasteiger partial charge is 0.340 e. The van der Waals surface area contributed by atoms with E-state index in [1.165, 1.54) is 11.0 Å². The monoisotopic (exact) mass is 349 g/mol. The third kappa shape index (κ3) is 4.21. The van der Waals surface area contributed by atoms with Gasteiger partial charge in [-0.05, 0) is 18.6 Å². The van der Waals surface area contributed by atoms with Gasteiger partial charge in [0.25, 0.3) is 0 Å². The Kier molecular flexibility index (Phi) is 5.01. The van der Waals surface area contributed by atoms with Crippen LogP contribution in [0.2, 0.25) is 0 Å². The number of hydrogen-bond acceptors (Lipinski definition) is 5. The van der Waals surface area contributed by atoms with Crippen LogP contribution in [0.1, 0.15) is 17.7 Å². The van der Waals surface area contributed by atoms with Gasteiger partial charge in [0.1, 0.15) is 0 Å². The molecule has 3 heterocycles. The number of carbonyl (C=O) groups is 1. The highest BCUT2D eigenvalue weighted by molar-refractivity contribution is 7.94. The van der Waals surface area contributed by atoms with Crippen LogP contribution in [0.5, 0.6) is 0 Å². The van der Waals surface area contributed by atoms with Gasteiger partial charge in [-0.2, -0.15) is 0 Å². The van der Waals surface area contributed by atoms with Crippen LogP contribution in [0.3, 0.4) is 0 Å². The zero-order valence-corrected chi connectivity index (χ0v) is 14.7. The van der Waals surface area contributed by atoms with Gasteiger partial charge in [0.05, 0.1) is 11.4 Å². The van der Waals surface area contributed by atoms with Gasteiger partial charge in [-0.25, -0.2) is 8.42 Å². The van der Waals surface area contributed by atoms with E-state index in [0.717, 1.165) is 25.3 Å². The Balaban J connectivity index is 1.47. The first-order valence-corrected chi connectivity index (χ1v) is 9.96. The Labute approximate surface area is 143 Å². The van der Waals surface area contributed by atoms with Crippen molar-refractivity contribution in [1.29, 1.82) is 0 Å². The summed E-state index contributed by atoms with van der Waals surface area (Å²) < 4.78 is 22.8. The normalized spacial score (nSPS) is 23.5. The average molecular weight is 349 g/mol. The number of hydrogen-bond donors (Lipinski definition) is 0. The molecule has 0 unspecified atom stereocenters. The zero-order chi connectivity index (χ0) is 17.2. The summed E-state index contributed by atoms with van der Waals surface area (Å²) in [6.45, 7) is 5.88. The maximum Gasteiger partial charge on any atom is 0.223 e. The van der Waals surface area contributed by atoms with E-state index in [1.54, 1.807) is 6.08 Å². The van der Waals surface area contributed by atoms with E-state index in [2.05, 4.69) is 22.9 Å². The summed E-state index contributed by atoms with van der Waals surface area (Å²) in [6, 6.07) is 4.00. The van der Waals surface area contributed by atoms with Crippen molar-refractivity contribution in [2.45, 2.75) is 19.9 Å². The fraction of sp³-hybridized carbons (Fsp3) is 0.529. The molecule has 0 radical (unpaired) electrons. The van der Waals surface area contributed by atoms with Crippen molar-refractivity contribution in [3.8, 4) is 0 Å². The molecule has 0 aliphatic carbocycles. The van der Waals surface area contributed by atoms with Gasteiger partial charge in [-0.15, -0.1) is 0 Å². The predicted molar refractivity (Wildman–Crippen MR) is 91.9 cm³/mol. The van der Waals surface area contributed by atoms with Crippen LogP contribution in [0.4, 0.5) is 0 Å². The zero-order valence-electron chi connectivity index (χ0n) is 13.9. The number of allylic oxidation sites excluding steroid dienone is 1. The first-order valence-electron chi connectivity index (χ1n) is 8.24. The average Bonchev–Trinajstić information content (AvgIpc) is 2.89. The summed E-state index contributed by atoms with van der Waals surface area (Å²) in [6.07, 6.45) is 3.74. The predicted octanol–water partition coefficient (Wildman–Crippen LogP) is 0.983. The second kappa shape index (κ2) is 7.03. The third-order valence-electron chi connectivity index (χ3n) is 4.66. The van der Waals surface area contributed by atoms with Crippen molar-refractivity contribution in [3.05, 3.63) is 41.1 Å². The second-order valence-corrected chi connectivity index (χ2v) is 8.48. The molecular formula is C17H23N3O3S. The number of nitrogens with zero attached hydrogens (tertiary/aromatic N) is 3. The Morgan fingerprint density at radius 1 is 1.29 bits per heavy atom. The summed E-state index contributed by atoms with van der Waals surface area (Å²) in [5.74, 6) is -0.0513. The molecule has 1 atom stereocenters. The highest BCUT2D eigenvalue weighted by atomic mass is 32.2. The molecule has 1 amide bonds. The van der Waals surface area contributed by atoms with Crippen molar-refractivity contribution < 1.29 is 13.2 Å². The van der Waals surface area contributed by atoms with Gasteiger partial charge in [0.2, 0.25) is 5.91 Å². The molecule has 0 aromatic carbocycles. The molecule has 130 valence electrons. The minimum Gasteiger partial charge on any atom is -0.340 e.